The predicted octanol–water partition coefficient (Wildman–Crippen LogP) is 1.31. The molecule has 1 aromatic heterocycles. The number of nitrogens with one attached hydrogen (secondary N) is 1. The standard InChI is InChI=1S/C13H21N3O2S/c1-8-7-15-12(19-8)13(2,3)16-11(17)10-5-4-9(6-14)18-10/h7,9-10H,4-6,14H2,1-3H3,(H,16,17)/t9-,10+/m1/s1. The third-order valence-electron chi connectivity index (χ3n) is 3.25. The highest BCUT2D eigenvalue weighted by molar-refractivity contribution is 7.11. The van der Waals surface area contributed by atoms with Gasteiger partial charge < -0.3 is 15.8 Å². The summed E-state index contributed by atoms with van der Waals surface area (Å²) in [4.78, 5) is 17.7. The van der Waals surface area contributed by atoms with E-state index >= 15 is 0 Å². The fourth-order valence-electron chi connectivity index (χ4n) is 2.16. The molecule has 106 valence electrons. The van der Waals surface area contributed by atoms with Gasteiger partial charge in [0, 0.05) is 17.6 Å². The topological polar surface area (TPSA) is 77.2 Å². The fourth-order valence-corrected chi connectivity index (χ4v) is 2.98. The Morgan fingerprint density at radius 1 is 1.63 bits per heavy atom. The largest absolute Gasteiger partial charge is 0.364 e. The van der Waals surface area contributed by atoms with E-state index in [1.807, 2.05) is 27.0 Å². The lowest BCUT2D eigenvalue weighted by atomic mass is 10.1. The molecule has 0 aliphatic carbocycles. The van der Waals surface area contributed by atoms with Crippen LogP contribution < -0.4 is 11.1 Å². The van der Waals surface area contributed by atoms with Crippen molar-refractivity contribution in [3.8, 4) is 0 Å². The number of aromatic nitrogens is 1. The molecule has 2 atom stereocenters. The SMILES string of the molecule is Cc1cnc(C(C)(C)NC(=O)[C@@H]2CC[C@H](CN)O2)s1. The summed E-state index contributed by atoms with van der Waals surface area (Å²) in [6.07, 6.45) is 3.05. The molecule has 3 N–H and O–H groups in total. The second kappa shape index (κ2) is 5.56. The minimum absolute atomic E-state index is 0.0148. The molecule has 1 fully saturated rings. The number of thiazole rings is 1. The van der Waals surface area contributed by atoms with E-state index in [2.05, 4.69) is 10.3 Å². The highest BCUT2D eigenvalue weighted by Gasteiger charge is 2.34. The van der Waals surface area contributed by atoms with Crippen molar-refractivity contribution in [1.82, 2.24) is 10.3 Å². The number of carbonyl (C=O) groups excluding carboxylic acids is 1. The Balaban J connectivity index is 1.98. The lowest BCUT2D eigenvalue weighted by Gasteiger charge is -2.25. The van der Waals surface area contributed by atoms with Crippen LogP contribution in [0.25, 0.3) is 0 Å². The fraction of sp³-hybridized carbons (Fsp3) is 0.692. The maximum Gasteiger partial charge on any atom is 0.249 e. The van der Waals surface area contributed by atoms with E-state index in [0.717, 1.165) is 22.7 Å². The Hall–Kier alpha value is -0.980. The van der Waals surface area contributed by atoms with Gasteiger partial charge in [0.05, 0.1) is 11.6 Å². The first-order valence-corrected chi connectivity index (χ1v) is 7.34. The number of ether oxygens (including phenoxy) is 1. The quantitative estimate of drug-likeness (QED) is 0.873. The number of hydrogen-bond donors (Lipinski definition) is 2. The molecule has 1 saturated heterocycles. The van der Waals surface area contributed by atoms with Gasteiger partial charge in [0.1, 0.15) is 11.1 Å². The first-order chi connectivity index (χ1) is 8.92. The Labute approximate surface area is 117 Å². The van der Waals surface area contributed by atoms with Gasteiger partial charge in [0.2, 0.25) is 5.91 Å². The van der Waals surface area contributed by atoms with E-state index in [4.69, 9.17) is 10.5 Å². The zero-order chi connectivity index (χ0) is 14.0. The zero-order valence-corrected chi connectivity index (χ0v) is 12.4. The average molecular weight is 283 g/mol. The monoisotopic (exact) mass is 283 g/mol. The molecular formula is C13H21N3O2S. The summed E-state index contributed by atoms with van der Waals surface area (Å²) in [5.74, 6) is -0.0752. The summed E-state index contributed by atoms with van der Waals surface area (Å²) < 4.78 is 5.61. The molecule has 0 radical (unpaired) electrons. The Morgan fingerprint density at radius 2 is 2.37 bits per heavy atom. The molecule has 1 amide bonds. The van der Waals surface area contributed by atoms with Gasteiger partial charge in [-0.2, -0.15) is 0 Å². The number of nitrogens with zero attached hydrogens (tertiary/aromatic N) is 1. The van der Waals surface area contributed by atoms with E-state index in [-0.39, 0.29) is 18.1 Å². The maximum absolute atomic E-state index is 12.2. The third kappa shape index (κ3) is 3.32. The summed E-state index contributed by atoms with van der Waals surface area (Å²) >= 11 is 1.60. The highest BCUT2D eigenvalue weighted by atomic mass is 32.1. The zero-order valence-electron chi connectivity index (χ0n) is 11.6. The van der Waals surface area contributed by atoms with E-state index in [9.17, 15) is 4.79 Å². The Bertz CT molecular complexity index is 458. The third-order valence-corrected chi connectivity index (χ3v) is 4.49. The van der Waals surface area contributed by atoms with Gasteiger partial charge in [-0.1, -0.05) is 0 Å². The van der Waals surface area contributed by atoms with Gasteiger partial charge in [-0.25, -0.2) is 4.98 Å². The van der Waals surface area contributed by atoms with Crippen molar-refractivity contribution in [2.24, 2.45) is 5.73 Å². The molecule has 2 heterocycles. The van der Waals surface area contributed by atoms with E-state index in [1.54, 1.807) is 11.3 Å². The summed E-state index contributed by atoms with van der Waals surface area (Å²) in [6.45, 7) is 6.39. The van der Waals surface area contributed by atoms with Gasteiger partial charge >= 0.3 is 0 Å². The van der Waals surface area contributed by atoms with Crippen LogP contribution in [0.4, 0.5) is 0 Å². The molecule has 1 aliphatic rings. The van der Waals surface area contributed by atoms with Crippen molar-refractivity contribution < 1.29 is 9.53 Å². The summed E-state index contributed by atoms with van der Waals surface area (Å²) in [5, 5.41) is 3.92. The molecule has 0 saturated carbocycles. The molecule has 1 aromatic rings. The number of carbonyl (C=O) groups is 1. The van der Waals surface area contributed by atoms with Crippen LogP contribution >= 0.6 is 11.3 Å². The minimum atomic E-state index is -0.472. The maximum atomic E-state index is 12.2. The summed E-state index contributed by atoms with van der Waals surface area (Å²) in [7, 11) is 0. The van der Waals surface area contributed by atoms with Gasteiger partial charge in [-0.3, -0.25) is 4.79 Å². The molecular weight excluding hydrogens is 262 g/mol. The van der Waals surface area contributed by atoms with Crippen LogP contribution in [0.2, 0.25) is 0 Å². The predicted molar refractivity (Wildman–Crippen MR) is 75.0 cm³/mol. The number of rotatable bonds is 4. The van der Waals surface area contributed by atoms with Crippen LogP contribution in [0.3, 0.4) is 0 Å². The molecule has 19 heavy (non-hydrogen) atoms. The highest BCUT2D eigenvalue weighted by Crippen LogP contribution is 2.26. The molecule has 0 bridgehead atoms. The van der Waals surface area contributed by atoms with Crippen molar-refractivity contribution in [3.63, 3.8) is 0 Å². The van der Waals surface area contributed by atoms with Gasteiger partial charge in [-0.15, -0.1) is 11.3 Å². The normalized spacial score (nSPS) is 23.6. The molecule has 2 rings (SSSR count). The first kappa shape index (κ1) is 14.4. The number of hydrogen-bond acceptors (Lipinski definition) is 5. The first-order valence-electron chi connectivity index (χ1n) is 6.53. The summed E-state index contributed by atoms with van der Waals surface area (Å²) in [6, 6.07) is 0. The van der Waals surface area contributed by atoms with E-state index in [0.29, 0.717) is 6.54 Å². The molecule has 0 aromatic carbocycles. The number of aryl methyl sites for hydroxylation is 1. The van der Waals surface area contributed by atoms with Crippen LogP contribution in [0.1, 0.15) is 36.6 Å². The smallest absolute Gasteiger partial charge is 0.249 e. The van der Waals surface area contributed by atoms with Crippen molar-refractivity contribution in [2.75, 3.05) is 6.54 Å². The van der Waals surface area contributed by atoms with Crippen molar-refractivity contribution >= 4 is 17.2 Å². The minimum Gasteiger partial charge on any atom is -0.364 e. The van der Waals surface area contributed by atoms with Crippen molar-refractivity contribution in [1.29, 1.82) is 0 Å². The van der Waals surface area contributed by atoms with Crippen LogP contribution in [0.5, 0.6) is 0 Å². The number of nitrogens with two attached hydrogens (primary N) is 1. The van der Waals surface area contributed by atoms with Gasteiger partial charge in [0.25, 0.3) is 0 Å². The molecule has 0 spiro atoms. The van der Waals surface area contributed by atoms with Crippen LogP contribution in [-0.4, -0.2) is 29.6 Å². The van der Waals surface area contributed by atoms with E-state index in [1.165, 1.54) is 0 Å². The average Bonchev–Trinajstić information content (AvgIpc) is 2.96. The lowest BCUT2D eigenvalue weighted by molar-refractivity contribution is -0.133. The second-order valence-electron chi connectivity index (χ2n) is 5.45. The van der Waals surface area contributed by atoms with Crippen LogP contribution in [-0.2, 0) is 15.1 Å². The molecule has 1 aliphatic heterocycles. The van der Waals surface area contributed by atoms with E-state index < -0.39 is 5.54 Å². The molecule has 6 heteroatoms. The van der Waals surface area contributed by atoms with Gasteiger partial charge in [-0.05, 0) is 33.6 Å². The summed E-state index contributed by atoms with van der Waals surface area (Å²) in [5.41, 5.74) is 5.08. The second-order valence-corrected chi connectivity index (χ2v) is 6.68. The van der Waals surface area contributed by atoms with Crippen LogP contribution in [0, 0.1) is 6.92 Å². The molecule has 5 nitrogen and oxygen atoms in total. The van der Waals surface area contributed by atoms with Crippen molar-refractivity contribution in [2.45, 2.75) is 51.4 Å². The number of amides is 1. The lowest BCUT2D eigenvalue weighted by Crippen LogP contribution is -2.46. The Morgan fingerprint density at radius 3 is 2.89 bits per heavy atom. The molecule has 0 unspecified atom stereocenters. The van der Waals surface area contributed by atoms with Crippen LogP contribution in [0.15, 0.2) is 6.20 Å². The Kier molecular flexibility index (Phi) is 4.23. The van der Waals surface area contributed by atoms with Crippen molar-refractivity contribution in [3.05, 3.63) is 16.1 Å². The van der Waals surface area contributed by atoms with Gasteiger partial charge in [0.15, 0.2) is 0 Å².